The summed E-state index contributed by atoms with van der Waals surface area (Å²) < 4.78 is 6.07. The highest BCUT2D eigenvalue weighted by Gasteiger charge is 2.27. The summed E-state index contributed by atoms with van der Waals surface area (Å²) in [7, 11) is 0. The van der Waals surface area contributed by atoms with Gasteiger partial charge in [-0.2, -0.15) is 0 Å². The number of anilines is 2. The third-order valence-electron chi connectivity index (χ3n) is 7.14. The number of carbonyl (C=O) groups is 1. The number of hydrogen-bond acceptors (Lipinski definition) is 4. The van der Waals surface area contributed by atoms with Crippen LogP contribution in [0.15, 0.2) is 66.7 Å². The van der Waals surface area contributed by atoms with Gasteiger partial charge in [0.2, 0.25) is 0 Å². The van der Waals surface area contributed by atoms with Crippen LogP contribution in [0.2, 0.25) is 0 Å². The van der Waals surface area contributed by atoms with Gasteiger partial charge in [0.15, 0.2) is 0 Å². The van der Waals surface area contributed by atoms with Gasteiger partial charge in [0.05, 0.1) is 6.10 Å². The Balaban J connectivity index is 1.23. The number of piperidine rings is 1. The standard InChI is InChI=1S/C30H35N3O2/c1-21(2)35-29-9-4-3-8-27(29)23-12-15-32(16-13-23)20-22-6-5-7-25(18-22)30(34)33-17-14-24-10-11-26(31)19-28(24)33/h3-11,18-19,21,23H,12-17,20,31H2,1-2H3. The summed E-state index contributed by atoms with van der Waals surface area (Å²) in [4.78, 5) is 17.7. The molecule has 0 bridgehead atoms. The van der Waals surface area contributed by atoms with Crippen LogP contribution in [0.5, 0.6) is 5.75 Å². The molecule has 0 aromatic heterocycles. The van der Waals surface area contributed by atoms with Gasteiger partial charge in [-0.1, -0.05) is 36.4 Å². The summed E-state index contributed by atoms with van der Waals surface area (Å²) in [6.45, 7) is 7.81. The molecule has 35 heavy (non-hydrogen) atoms. The predicted molar refractivity (Wildman–Crippen MR) is 142 cm³/mol. The molecule has 2 aliphatic rings. The minimum absolute atomic E-state index is 0.0525. The molecule has 0 spiro atoms. The molecule has 0 radical (unpaired) electrons. The Morgan fingerprint density at radius 3 is 2.60 bits per heavy atom. The van der Waals surface area contributed by atoms with E-state index in [-0.39, 0.29) is 12.0 Å². The topological polar surface area (TPSA) is 58.8 Å². The fraction of sp³-hybridized carbons (Fsp3) is 0.367. The maximum absolute atomic E-state index is 13.3. The Bertz CT molecular complexity index is 1200. The van der Waals surface area contributed by atoms with Crippen molar-refractivity contribution in [1.82, 2.24) is 4.90 Å². The Hall–Kier alpha value is -3.31. The smallest absolute Gasteiger partial charge is 0.258 e. The summed E-state index contributed by atoms with van der Waals surface area (Å²) in [6.07, 6.45) is 3.28. The second-order valence-corrected chi connectivity index (χ2v) is 10.1. The lowest BCUT2D eigenvalue weighted by Gasteiger charge is -2.33. The van der Waals surface area contributed by atoms with Crippen LogP contribution in [0.3, 0.4) is 0 Å². The van der Waals surface area contributed by atoms with Crippen LogP contribution in [0.25, 0.3) is 0 Å². The third kappa shape index (κ3) is 5.20. The Kier molecular flexibility index (Phi) is 6.78. The molecule has 2 aliphatic heterocycles. The van der Waals surface area contributed by atoms with E-state index in [0.717, 1.165) is 55.9 Å². The number of nitrogen functional groups attached to an aromatic ring is 1. The van der Waals surface area contributed by atoms with Crippen LogP contribution in [0.4, 0.5) is 11.4 Å². The summed E-state index contributed by atoms with van der Waals surface area (Å²) in [5.41, 5.74) is 12.1. The number of para-hydroxylation sites is 1. The van der Waals surface area contributed by atoms with Crippen LogP contribution in [-0.2, 0) is 13.0 Å². The zero-order chi connectivity index (χ0) is 24.4. The number of fused-ring (bicyclic) bond motifs is 1. The van der Waals surface area contributed by atoms with Crippen molar-refractivity contribution in [3.8, 4) is 5.75 Å². The molecule has 2 N–H and O–H groups in total. The SMILES string of the molecule is CC(C)Oc1ccccc1C1CCN(Cc2cccc(C(=O)N3CCc4ccc(N)cc43)c2)CC1. The lowest BCUT2D eigenvalue weighted by molar-refractivity contribution is 0.0989. The first-order chi connectivity index (χ1) is 17.0. The Morgan fingerprint density at radius 2 is 1.80 bits per heavy atom. The number of benzene rings is 3. The highest BCUT2D eigenvalue weighted by Crippen LogP contribution is 2.35. The number of ether oxygens (including phenoxy) is 1. The molecule has 1 amide bonds. The molecule has 0 unspecified atom stereocenters. The number of nitrogens with two attached hydrogens (primary N) is 1. The average Bonchev–Trinajstić information content (AvgIpc) is 3.27. The van der Waals surface area contributed by atoms with Crippen molar-refractivity contribution in [3.63, 3.8) is 0 Å². The van der Waals surface area contributed by atoms with Crippen molar-refractivity contribution in [3.05, 3.63) is 89.0 Å². The zero-order valence-electron chi connectivity index (χ0n) is 20.7. The van der Waals surface area contributed by atoms with E-state index in [1.807, 2.05) is 35.2 Å². The fourth-order valence-corrected chi connectivity index (χ4v) is 5.41. The van der Waals surface area contributed by atoms with Gasteiger partial charge in [0, 0.05) is 30.0 Å². The predicted octanol–water partition coefficient (Wildman–Crippen LogP) is 5.64. The molecule has 2 heterocycles. The lowest BCUT2D eigenvalue weighted by atomic mass is 9.88. The molecular weight excluding hydrogens is 434 g/mol. The molecule has 3 aromatic rings. The molecule has 5 heteroatoms. The second kappa shape index (κ2) is 10.1. The molecule has 182 valence electrons. The van der Waals surface area contributed by atoms with E-state index < -0.39 is 0 Å². The molecule has 0 atom stereocenters. The van der Waals surface area contributed by atoms with Crippen molar-refractivity contribution in [2.75, 3.05) is 30.3 Å². The van der Waals surface area contributed by atoms with E-state index in [1.165, 1.54) is 16.7 Å². The third-order valence-corrected chi connectivity index (χ3v) is 7.14. The van der Waals surface area contributed by atoms with Crippen molar-refractivity contribution < 1.29 is 9.53 Å². The first kappa shape index (κ1) is 23.4. The number of hydrogen-bond donors (Lipinski definition) is 1. The monoisotopic (exact) mass is 469 g/mol. The molecule has 3 aromatic carbocycles. The molecule has 0 aliphatic carbocycles. The molecule has 5 rings (SSSR count). The normalized spacial score (nSPS) is 16.5. The highest BCUT2D eigenvalue weighted by atomic mass is 16.5. The van der Waals surface area contributed by atoms with Crippen LogP contribution in [0.1, 0.15) is 59.7 Å². The number of amides is 1. The van der Waals surface area contributed by atoms with Gasteiger partial charge in [-0.05, 0) is 99.1 Å². The molecular formula is C30H35N3O2. The van der Waals surface area contributed by atoms with Gasteiger partial charge in [-0.25, -0.2) is 0 Å². The van der Waals surface area contributed by atoms with E-state index in [2.05, 4.69) is 55.1 Å². The van der Waals surface area contributed by atoms with Crippen molar-refractivity contribution in [2.45, 2.75) is 51.7 Å². The second-order valence-electron chi connectivity index (χ2n) is 10.1. The first-order valence-corrected chi connectivity index (χ1v) is 12.7. The highest BCUT2D eigenvalue weighted by molar-refractivity contribution is 6.07. The van der Waals surface area contributed by atoms with Crippen LogP contribution < -0.4 is 15.4 Å². The summed E-state index contributed by atoms with van der Waals surface area (Å²) in [6, 6.07) is 22.5. The minimum Gasteiger partial charge on any atom is -0.491 e. The largest absolute Gasteiger partial charge is 0.491 e. The summed E-state index contributed by atoms with van der Waals surface area (Å²) in [5, 5.41) is 0. The number of rotatable bonds is 6. The van der Waals surface area contributed by atoms with Crippen LogP contribution >= 0.6 is 0 Å². The Morgan fingerprint density at radius 1 is 1.00 bits per heavy atom. The van der Waals surface area contributed by atoms with Gasteiger partial charge >= 0.3 is 0 Å². The maximum atomic E-state index is 13.3. The van der Waals surface area contributed by atoms with E-state index in [0.29, 0.717) is 18.2 Å². The quantitative estimate of drug-likeness (QED) is 0.475. The molecule has 5 nitrogen and oxygen atoms in total. The molecule has 0 saturated carbocycles. The summed E-state index contributed by atoms with van der Waals surface area (Å²) in [5.74, 6) is 1.60. The van der Waals surface area contributed by atoms with Crippen LogP contribution in [-0.4, -0.2) is 36.5 Å². The van der Waals surface area contributed by atoms with Gasteiger partial charge < -0.3 is 15.4 Å². The van der Waals surface area contributed by atoms with Gasteiger partial charge in [-0.3, -0.25) is 9.69 Å². The fourth-order valence-electron chi connectivity index (χ4n) is 5.41. The van der Waals surface area contributed by atoms with Crippen molar-refractivity contribution in [1.29, 1.82) is 0 Å². The number of carbonyl (C=O) groups excluding carboxylic acids is 1. The lowest BCUT2D eigenvalue weighted by Crippen LogP contribution is -2.33. The van der Waals surface area contributed by atoms with E-state index in [9.17, 15) is 4.79 Å². The van der Waals surface area contributed by atoms with Gasteiger partial charge in [-0.15, -0.1) is 0 Å². The average molecular weight is 470 g/mol. The molecule has 1 saturated heterocycles. The van der Waals surface area contributed by atoms with Crippen molar-refractivity contribution >= 4 is 17.3 Å². The van der Waals surface area contributed by atoms with E-state index >= 15 is 0 Å². The van der Waals surface area contributed by atoms with Crippen LogP contribution in [0, 0.1) is 0 Å². The number of nitrogens with zero attached hydrogens (tertiary/aromatic N) is 2. The molecule has 1 fully saturated rings. The zero-order valence-corrected chi connectivity index (χ0v) is 20.7. The van der Waals surface area contributed by atoms with E-state index in [1.54, 1.807) is 0 Å². The minimum atomic E-state index is 0.0525. The Labute approximate surface area is 208 Å². The van der Waals surface area contributed by atoms with Crippen molar-refractivity contribution in [2.24, 2.45) is 0 Å². The first-order valence-electron chi connectivity index (χ1n) is 12.7. The maximum Gasteiger partial charge on any atom is 0.258 e. The van der Waals surface area contributed by atoms with E-state index in [4.69, 9.17) is 10.5 Å². The van der Waals surface area contributed by atoms with Gasteiger partial charge in [0.25, 0.3) is 5.91 Å². The van der Waals surface area contributed by atoms with Gasteiger partial charge in [0.1, 0.15) is 5.75 Å². The number of likely N-dealkylation sites (tertiary alicyclic amines) is 1. The summed E-state index contributed by atoms with van der Waals surface area (Å²) >= 11 is 0.